The van der Waals surface area contributed by atoms with Crippen LogP contribution < -0.4 is 0 Å². The zero-order valence-corrected chi connectivity index (χ0v) is 8.04. The number of thioether (sulfide) groups is 1. The quantitative estimate of drug-likeness (QED) is 0.601. The number of hydrogen-bond donors (Lipinski definition) is 0. The molecule has 0 fully saturated rings. The van der Waals surface area contributed by atoms with E-state index in [1.54, 1.807) is 4.90 Å². The van der Waals surface area contributed by atoms with Crippen LogP contribution in [0.1, 0.15) is 6.92 Å². The molecule has 0 spiro atoms. The Bertz CT molecular complexity index is 302. The summed E-state index contributed by atoms with van der Waals surface area (Å²) < 4.78 is 2.37. The average molecular weight is 182 g/mol. The molecule has 1 aliphatic heterocycles. The van der Waals surface area contributed by atoms with Gasteiger partial charge in [0.05, 0.1) is 0 Å². The molecule has 1 heterocycles. The highest BCUT2D eigenvalue weighted by Crippen LogP contribution is 2.41. The van der Waals surface area contributed by atoms with Gasteiger partial charge >= 0.3 is 0 Å². The Morgan fingerprint density at radius 2 is 2.18 bits per heavy atom. The predicted octanol–water partition coefficient (Wildman–Crippen LogP) is 3.20. The fourth-order valence-corrected chi connectivity index (χ4v) is 4.69. The molecule has 0 radical (unpaired) electrons. The van der Waals surface area contributed by atoms with Crippen molar-refractivity contribution in [2.75, 3.05) is 5.75 Å². The van der Waals surface area contributed by atoms with Gasteiger partial charge in [0.25, 0.3) is 0 Å². The Morgan fingerprint density at radius 1 is 1.36 bits per heavy atom. The molecule has 1 unspecified atom stereocenters. The van der Waals surface area contributed by atoms with Crippen molar-refractivity contribution < 1.29 is 0 Å². The van der Waals surface area contributed by atoms with E-state index in [0.29, 0.717) is 10.5 Å². The van der Waals surface area contributed by atoms with Gasteiger partial charge in [-0.3, -0.25) is 0 Å². The van der Waals surface area contributed by atoms with E-state index in [-0.39, 0.29) is 0 Å². The topological polar surface area (TPSA) is 0 Å². The second-order valence-electron chi connectivity index (χ2n) is 2.38. The molecule has 1 atom stereocenters. The Morgan fingerprint density at radius 3 is 3.00 bits per heavy atom. The summed E-state index contributed by atoms with van der Waals surface area (Å²) in [4.78, 5) is 3.00. The number of benzene rings is 1. The van der Waals surface area contributed by atoms with E-state index in [9.17, 15) is 0 Å². The molecular weight excluding hydrogens is 172 g/mol. The van der Waals surface area contributed by atoms with Crippen molar-refractivity contribution in [3.63, 3.8) is 0 Å². The highest BCUT2D eigenvalue weighted by molar-refractivity contribution is 8.34. The molecule has 0 saturated heterocycles. The molecule has 1 aromatic rings. The van der Waals surface area contributed by atoms with Gasteiger partial charge < -0.3 is 0 Å². The SMILES string of the molecule is CCS1=CSc2ccccc21. The van der Waals surface area contributed by atoms with E-state index in [2.05, 4.69) is 35.9 Å². The average Bonchev–Trinajstić information content (AvgIpc) is 2.47. The summed E-state index contributed by atoms with van der Waals surface area (Å²) in [6.07, 6.45) is 0. The van der Waals surface area contributed by atoms with Crippen LogP contribution in [0.3, 0.4) is 0 Å². The normalized spacial score (nSPS) is 21.0. The van der Waals surface area contributed by atoms with E-state index in [4.69, 9.17) is 0 Å². The summed E-state index contributed by atoms with van der Waals surface area (Å²) in [5.41, 5.74) is 0. The summed E-state index contributed by atoms with van der Waals surface area (Å²) >= 11 is 1.89. The monoisotopic (exact) mass is 182 g/mol. The maximum absolute atomic E-state index is 2.37. The molecule has 0 aliphatic carbocycles. The Hall–Kier alpha value is -0.210. The van der Waals surface area contributed by atoms with Gasteiger partial charge in [0, 0.05) is 14.5 Å². The summed E-state index contributed by atoms with van der Waals surface area (Å²) in [6.45, 7) is 2.25. The first-order valence-electron chi connectivity index (χ1n) is 3.70. The molecule has 0 aromatic heterocycles. The van der Waals surface area contributed by atoms with Crippen LogP contribution in [0, 0.1) is 0 Å². The second kappa shape index (κ2) is 3.03. The van der Waals surface area contributed by atoms with Crippen molar-refractivity contribution >= 4 is 26.9 Å². The molecule has 0 N–H and O–H groups in total. The predicted molar refractivity (Wildman–Crippen MR) is 54.8 cm³/mol. The minimum absolute atomic E-state index is 0.429. The number of hydrogen-bond acceptors (Lipinski definition) is 1. The lowest BCUT2D eigenvalue weighted by Crippen LogP contribution is -1.75. The van der Waals surface area contributed by atoms with Crippen LogP contribution in [0.2, 0.25) is 0 Å². The number of rotatable bonds is 1. The molecular formula is C9H10S2. The van der Waals surface area contributed by atoms with E-state index in [0.717, 1.165) is 0 Å². The second-order valence-corrected chi connectivity index (χ2v) is 5.70. The molecule has 1 aromatic carbocycles. The van der Waals surface area contributed by atoms with Crippen molar-refractivity contribution in [3.8, 4) is 0 Å². The molecule has 0 bridgehead atoms. The van der Waals surface area contributed by atoms with Gasteiger partial charge in [-0.2, -0.15) is 0 Å². The highest BCUT2D eigenvalue weighted by Gasteiger charge is 2.09. The lowest BCUT2D eigenvalue weighted by molar-refractivity contribution is 1.25. The van der Waals surface area contributed by atoms with E-state index < -0.39 is 0 Å². The van der Waals surface area contributed by atoms with E-state index in [1.807, 2.05) is 11.8 Å². The third-order valence-corrected chi connectivity index (χ3v) is 5.33. The van der Waals surface area contributed by atoms with Crippen molar-refractivity contribution in [1.29, 1.82) is 0 Å². The van der Waals surface area contributed by atoms with Crippen LogP contribution in [-0.2, 0) is 0 Å². The summed E-state index contributed by atoms with van der Waals surface area (Å²) in [7, 11) is 0.429. The zero-order chi connectivity index (χ0) is 7.68. The van der Waals surface area contributed by atoms with Gasteiger partial charge in [0.2, 0.25) is 0 Å². The van der Waals surface area contributed by atoms with Crippen LogP contribution in [0.15, 0.2) is 34.1 Å². The van der Waals surface area contributed by atoms with Crippen LogP contribution >= 0.6 is 22.2 Å². The van der Waals surface area contributed by atoms with Crippen LogP contribution in [0.25, 0.3) is 0 Å². The number of fused-ring (bicyclic) bond motifs is 1. The molecule has 2 heteroatoms. The van der Waals surface area contributed by atoms with E-state index in [1.165, 1.54) is 10.6 Å². The fraction of sp³-hybridized carbons (Fsp3) is 0.222. The summed E-state index contributed by atoms with van der Waals surface area (Å²) in [6, 6.07) is 8.70. The highest BCUT2D eigenvalue weighted by atomic mass is 32.2. The van der Waals surface area contributed by atoms with Crippen LogP contribution in [-0.4, -0.2) is 10.5 Å². The fourth-order valence-electron chi connectivity index (χ4n) is 1.15. The Kier molecular flexibility index (Phi) is 2.05. The lowest BCUT2D eigenvalue weighted by atomic mass is 10.4. The summed E-state index contributed by atoms with van der Waals surface area (Å²) in [5.74, 6) is 1.25. The smallest absolute Gasteiger partial charge is 0.0252 e. The first-order chi connectivity index (χ1) is 5.42. The maximum Gasteiger partial charge on any atom is 0.0252 e. The van der Waals surface area contributed by atoms with Gasteiger partial charge in [-0.05, 0) is 17.9 Å². The van der Waals surface area contributed by atoms with E-state index >= 15 is 0 Å². The molecule has 0 nitrogen and oxygen atoms in total. The van der Waals surface area contributed by atoms with Crippen molar-refractivity contribution in [3.05, 3.63) is 24.3 Å². The van der Waals surface area contributed by atoms with Gasteiger partial charge in [0.15, 0.2) is 0 Å². The Balaban J connectivity index is 2.48. The van der Waals surface area contributed by atoms with Crippen LogP contribution in [0.4, 0.5) is 0 Å². The van der Waals surface area contributed by atoms with Crippen molar-refractivity contribution in [1.82, 2.24) is 0 Å². The molecule has 0 amide bonds. The van der Waals surface area contributed by atoms with Gasteiger partial charge in [-0.25, -0.2) is 0 Å². The van der Waals surface area contributed by atoms with Gasteiger partial charge in [-0.1, -0.05) is 30.8 Å². The van der Waals surface area contributed by atoms with Gasteiger partial charge in [-0.15, -0.1) is 10.5 Å². The molecule has 11 heavy (non-hydrogen) atoms. The van der Waals surface area contributed by atoms with Crippen molar-refractivity contribution in [2.45, 2.75) is 16.7 Å². The molecule has 1 aliphatic rings. The first kappa shape index (κ1) is 7.44. The van der Waals surface area contributed by atoms with Gasteiger partial charge in [0.1, 0.15) is 0 Å². The lowest BCUT2D eigenvalue weighted by Gasteiger charge is -2.00. The molecule has 58 valence electrons. The standard InChI is InChI=1S/C9H10S2/c1-2-11-7-10-8-5-3-4-6-9(8)11/h3-7H,2H2,1H3. The Labute approximate surface area is 73.9 Å². The van der Waals surface area contributed by atoms with Crippen molar-refractivity contribution in [2.24, 2.45) is 0 Å². The minimum Gasteiger partial charge on any atom is -0.147 e. The first-order valence-corrected chi connectivity index (χ1v) is 6.04. The summed E-state index contributed by atoms with van der Waals surface area (Å²) in [5, 5.41) is 0. The van der Waals surface area contributed by atoms with Crippen LogP contribution in [0.5, 0.6) is 0 Å². The largest absolute Gasteiger partial charge is 0.147 e. The molecule has 2 rings (SSSR count). The zero-order valence-electron chi connectivity index (χ0n) is 6.41. The maximum atomic E-state index is 2.37. The third kappa shape index (κ3) is 1.25. The minimum atomic E-state index is 0.429. The molecule has 0 saturated carbocycles. The third-order valence-electron chi connectivity index (χ3n) is 1.73.